The molecule has 0 radical (unpaired) electrons. The maximum atomic E-state index is 9.26. The second kappa shape index (κ2) is 5.98. The van der Waals surface area contributed by atoms with Crippen LogP contribution in [0.25, 0.3) is 0 Å². The van der Waals surface area contributed by atoms with Crippen LogP contribution in [0.3, 0.4) is 0 Å². The molecule has 0 fully saturated rings. The van der Waals surface area contributed by atoms with E-state index in [2.05, 4.69) is 58.1 Å². The Morgan fingerprint density at radius 2 is 2.05 bits per heavy atom. The molecule has 1 heterocycles. The zero-order chi connectivity index (χ0) is 15.7. The number of hydrogen-bond acceptors (Lipinski definition) is 3. The van der Waals surface area contributed by atoms with E-state index < -0.39 is 0 Å². The maximum absolute atomic E-state index is 9.26. The molecule has 0 bridgehead atoms. The molecule has 3 nitrogen and oxygen atoms in total. The van der Waals surface area contributed by atoms with Gasteiger partial charge in [0.15, 0.2) is 0 Å². The molecule has 3 heteroatoms. The summed E-state index contributed by atoms with van der Waals surface area (Å²) in [5.41, 5.74) is 2.53. The molecule has 1 aliphatic heterocycles. The predicted molar refractivity (Wildman–Crippen MR) is 86.6 cm³/mol. The molecule has 118 valence electrons. The zero-order valence-corrected chi connectivity index (χ0v) is 14.0. The highest BCUT2D eigenvalue weighted by Gasteiger charge is 2.32. The molecular formula is C18H29NO2. The van der Waals surface area contributed by atoms with Crippen LogP contribution in [0.2, 0.25) is 0 Å². The SMILES string of the molecule is CC1(C)Cc2cccc(CNC(CCO)C(C)(C)C)c2O1. The molecule has 0 aliphatic carbocycles. The summed E-state index contributed by atoms with van der Waals surface area (Å²) in [6.45, 7) is 11.9. The molecule has 1 unspecified atom stereocenters. The molecule has 1 aliphatic rings. The van der Waals surface area contributed by atoms with Crippen molar-refractivity contribution in [3.8, 4) is 5.75 Å². The monoisotopic (exact) mass is 291 g/mol. The molecule has 0 saturated heterocycles. The minimum absolute atomic E-state index is 0.104. The van der Waals surface area contributed by atoms with E-state index in [-0.39, 0.29) is 23.7 Å². The number of rotatable bonds is 5. The zero-order valence-electron chi connectivity index (χ0n) is 14.0. The summed E-state index contributed by atoms with van der Waals surface area (Å²) in [4.78, 5) is 0. The molecular weight excluding hydrogens is 262 g/mol. The van der Waals surface area contributed by atoms with Crippen LogP contribution in [0.5, 0.6) is 5.75 Å². The van der Waals surface area contributed by atoms with Gasteiger partial charge in [-0.1, -0.05) is 39.0 Å². The first-order chi connectivity index (χ1) is 9.73. The van der Waals surface area contributed by atoms with Crippen LogP contribution < -0.4 is 10.1 Å². The summed E-state index contributed by atoms with van der Waals surface area (Å²) in [6.07, 6.45) is 1.74. The van der Waals surface area contributed by atoms with Crippen LogP contribution in [0.15, 0.2) is 18.2 Å². The van der Waals surface area contributed by atoms with Gasteiger partial charge in [-0.15, -0.1) is 0 Å². The molecule has 21 heavy (non-hydrogen) atoms. The van der Waals surface area contributed by atoms with Crippen molar-refractivity contribution in [3.63, 3.8) is 0 Å². The van der Waals surface area contributed by atoms with Crippen molar-refractivity contribution < 1.29 is 9.84 Å². The summed E-state index contributed by atoms with van der Waals surface area (Å²) in [5, 5.41) is 12.8. The minimum Gasteiger partial charge on any atom is -0.487 e. The van der Waals surface area contributed by atoms with E-state index in [4.69, 9.17) is 4.74 Å². The van der Waals surface area contributed by atoms with Crippen molar-refractivity contribution >= 4 is 0 Å². The topological polar surface area (TPSA) is 41.5 Å². The van der Waals surface area contributed by atoms with Gasteiger partial charge in [-0.3, -0.25) is 0 Å². The molecule has 1 aromatic carbocycles. The molecule has 0 amide bonds. The van der Waals surface area contributed by atoms with E-state index in [0.29, 0.717) is 0 Å². The Bertz CT molecular complexity index is 488. The van der Waals surface area contributed by atoms with E-state index in [1.807, 2.05) is 0 Å². The van der Waals surface area contributed by atoms with Crippen molar-refractivity contribution in [3.05, 3.63) is 29.3 Å². The van der Waals surface area contributed by atoms with Crippen LogP contribution in [-0.4, -0.2) is 23.4 Å². The fourth-order valence-corrected chi connectivity index (χ4v) is 3.02. The quantitative estimate of drug-likeness (QED) is 0.874. The minimum atomic E-state index is -0.104. The normalized spacial score (nSPS) is 18.2. The van der Waals surface area contributed by atoms with Gasteiger partial charge < -0.3 is 15.2 Å². The van der Waals surface area contributed by atoms with Crippen LogP contribution >= 0.6 is 0 Å². The van der Waals surface area contributed by atoms with Gasteiger partial charge >= 0.3 is 0 Å². The second-order valence-electron chi connectivity index (χ2n) is 7.76. The third-order valence-electron chi connectivity index (χ3n) is 4.17. The lowest BCUT2D eigenvalue weighted by Gasteiger charge is -2.31. The highest BCUT2D eigenvalue weighted by Crippen LogP contribution is 2.37. The molecule has 2 rings (SSSR count). The van der Waals surface area contributed by atoms with Gasteiger partial charge in [0.1, 0.15) is 11.4 Å². The van der Waals surface area contributed by atoms with Gasteiger partial charge in [0.2, 0.25) is 0 Å². The predicted octanol–water partition coefficient (Wildman–Crippen LogP) is 3.29. The standard InChI is InChI=1S/C18H29NO2/c1-17(2,3)15(9-10-20)19-12-14-8-6-7-13-11-18(4,5)21-16(13)14/h6-8,15,19-20H,9-12H2,1-5H3. The van der Waals surface area contributed by atoms with Crippen LogP contribution in [-0.2, 0) is 13.0 Å². The summed E-state index contributed by atoms with van der Waals surface area (Å²) in [6, 6.07) is 6.68. The smallest absolute Gasteiger partial charge is 0.127 e. The largest absolute Gasteiger partial charge is 0.487 e. The second-order valence-corrected chi connectivity index (χ2v) is 7.76. The Morgan fingerprint density at radius 1 is 1.33 bits per heavy atom. The van der Waals surface area contributed by atoms with E-state index >= 15 is 0 Å². The fourth-order valence-electron chi connectivity index (χ4n) is 3.02. The third-order valence-corrected chi connectivity index (χ3v) is 4.17. The van der Waals surface area contributed by atoms with Crippen molar-refractivity contribution in [1.82, 2.24) is 5.32 Å². The Labute approximate surface area is 128 Å². The number of para-hydroxylation sites is 1. The van der Waals surface area contributed by atoms with E-state index in [9.17, 15) is 5.11 Å². The number of fused-ring (bicyclic) bond motifs is 1. The van der Waals surface area contributed by atoms with Gasteiger partial charge in [0, 0.05) is 31.2 Å². The number of ether oxygens (including phenoxy) is 1. The lowest BCUT2D eigenvalue weighted by Crippen LogP contribution is -2.40. The fraction of sp³-hybridized carbons (Fsp3) is 0.667. The van der Waals surface area contributed by atoms with Gasteiger partial charge in [-0.2, -0.15) is 0 Å². The Morgan fingerprint density at radius 3 is 2.67 bits per heavy atom. The molecule has 0 aromatic heterocycles. The average molecular weight is 291 g/mol. The lowest BCUT2D eigenvalue weighted by atomic mass is 9.85. The third kappa shape index (κ3) is 3.98. The number of aliphatic hydroxyl groups is 1. The molecule has 2 N–H and O–H groups in total. The first-order valence-electron chi connectivity index (χ1n) is 7.87. The number of benzene rings is 1. The number of nitrogens with one attached hydrogen (secondary N) is 1. The van der Waals surface area contributed by atoms with Crippen molar-refractivity contribution in [2.75, 3.05) is 6.61 Å². The van der Waals surface area contributed by atoms with Gasteiger partial charge in [-0.05, 0) is 31.2 Å². The summed E-state index contributed by atoms with van der Waals surface area (Å²) in [7, 11) is 0. The Kier molecular flexibility index (Phi) is 4.64. The maximum Gasteiger partial charge on any atom is 0.127 e. The van der Waals surface area contributed by atoms with E-state index in [1.165, 1.54) is 11.1 Å². The van der Waals surface area contributed by atoms with Gasteiger partial charge in [-0.25, -0.2) is 0 Å². The highest BCUT2D eigenvalue weighted by molar-refractivity contribution is 5.45. The summed E-state index contributed by atoms with van der Waals surface area (Å²) in [5.74, 6) is 1.05. The molecule has 0 spiro atoms. The summed E-state index contributed by atoms with van der Waals surface area (Å²) < 4.78 is 6.11. The van der Waals surface area contributed by atoms with Crippen LogP contribution in [0.1, 0.15) is 52.2 Å². The molecule has 1 aromatic rings. The average Bonchev–Trinajstić information content (AvgIpc) is 2.67. The van der Waals surface area contributed by atoms with Crippen molar-refractivity contribution in [1.29, 1.82) is 0 Å². The van der Waals surface area contributed by atoms with Gasteiger partial charge in [0.05, 0.1) is 0 Å². The van der Waals surface area contributed by atoms with E-state index in [1.54, 1.807) is 0 Å². The van der Waals surface area contributed by atoms with Crippen LogP contribution in [0, 0.1) is 5.41 Å². The highest BCUT2D eigenvalue weighted by atomic mass is 16.5. The Balaban J connectivity index is 2.10. The molecule has 0 saturated carbocycles. The van der Waals surface area contributed by atoms with Crippen molar-refractivity contribution in [2.24, 2.45) is 5.41 Å². The first-order valence-corrected chi connectivity index (χ1v) is 7.87. The number of hydrogen-bond donors (Lipinski definition) is 2. The number of aliphatic hydroxyl groups excluding tert-OH is 1. The van der Waals surface area contributed by atoms with Gasteiger partial charge in [0.25, 0.3) is 0 Å². The Hall–Kier alpha value is -1.06. The van der Waals surface area contributed by atoms with Crippen molar-refractivity contribution in [2.45, 2.75) is 65.6 Å². The summed E-state index contributed by atoms with van der Waals surface area (Å²) >= 11 is 0. The van der Waals surface area contributed by atoms with Crippen LogP contribution in [0.4, 0.5) is 0 Å². The van der Waals surface area contributed by atoms with E-state index in [0.717, 1.165) is 25.1 Å². The molecule has 1 atom stereocenters. The first kappa shape index (κ1) is 16.3. The lowest BCUT2D eigenvalue weighted by molar-refractivity contribution is 0.136.